The summed E-state index contributed by atoms with van der Waals surface area (Å²) in [6, 6.07) is 10.8. The Morgan fingerprint density at radius 2 is 2.09 bits per heavy atom. The minimum Gasteiger partial charge on any atom is -0.387 e. The van der Waals surface area contributed by atoms with Crippen molar-refractivity contribution in [1.82, 2.24) is 15.1 Å². The van der Waals surface area contributed by atoms with Crippen molar-refractivity contribution in [3.8, 4) is 10.8 Å². The van der Waals surface area contributed by atoms with Crippen molar-refractivity contribution in [3.05, 3.63) is 62.9 Å². The van der Waals surface area contributed by atoms with Crippen LogP contribution in [0.25, 0.3) is 10.8 Å². The molecule has 8 heteroatoms. The number of nitrogens with one attached hydrogen (secondary N) is 1. The van der Waals surface area contributed by atoms with Gasteiger partial charge < -0.3 is 9.73 Å². The lowest BCUT2D eigenvalue weighted by Gasteiger charge is -2.04. The number of halogens is 1. The maximum Gasteiger partial charge on any atom is 0.437 e. The zero-order chi connectivity index (χ0) is 16.2. The van der Waals surface area contributed by atoms with E-state index in [0.29, 0.717) is 11.6 Å². The first-order valence-corrected chi connectivity index (χ1v) is 8.00. The van der Waals surface area contributed by atoms with Gasteiger partial charge in [0.25, 0.3) is 5.89 Å². The molecule has 0 spiro atoms. The van der Waals surface area contributed by atoms with Crippen LogP contribution in [0.4, 0.5) is 0 Å². The van der Waals surface area contributed by atoms with Crippen LogP contribution in [0.5, 0.6) is 0 Å². The molecule has 118 valence electrons. The predicted octanol–water partition coefficient (Wildman–Crippen LogP) is 2.53. The predicted molar refractivity (Wildman–Crippen MR) is 87.4 cm³/mol. The molecule has 3 aromatic rings. The molecule has 1 amide bonds. The lowest BCUT2D eigenvalue weighted by molar-refractivity contribution is -0.122. The van der Waals surface area contributed by atoms with E-state index < -0.39 is 5.76 Å². The van der Waals surface area contributed by atoms with Crippen molar-refractivity contribution in [3.63, 3.8) is 0 Å². The Kier molecular flexibility index (Phi) is 4.59. The standard InChI is InChI=1S/C15H12ClN3O3S/c16-11-5-3-10(4-6-11)8-17-13(20)9-19-15(21)22-14(18-19)12-2-1-7-23-12/h1-7H,8-9H2,(H,17,20). The van der Waals surface area contributed by atoms with E-state index in [4.69, 9.17) is 16.0 Å². The van der Waals surface area contributed by atoms with Gasteiger partial charge in [0, 0.05) is 11.6 Å². The fraction of sp³-hybridized carbons (Fsp3) is 0.133. The molecule has 0 unspecified atom stereocenters. The first-order chi connectivity index (χ1) is 11.1. The quantitative estimate of drug-likeness (QED) is 0.767. The summed E-state index contributed by atoms with van der Waals surface area (Å²) in [7, 11) is 0. The van der Waals surface area contributed by atoms with E-state index in [9.17, 15) is 9.59 Å². The third kappa shape index (κ3) is 3.88. The normalized spacial score (nSPS) is 10.7. The Labute approximate surface area is 140 Å². The molecule has 0 atom stereocenters. The Bertz CT molecular complexity index is 853. The van der Waals surface area contributed by atoms with Crippen LogP contribution in [0.1, 0.15) is 5.56 Å². The van der Waals surface area contributed by atoms with Gasteiger partial charge in [0.2, 0.25) is 5.91 Å². The van der Waals surface area contributed by atoms with Crippen molar-refractivity contribution in [2.24, 2.45) is 0 Å². The van der Waals surface area contributed by atoms with E-state index in [0.717, 1.165) is 15.1 Å². The zero-order valence-corrected chi connectivity index (χ0v) is 13.4. The molecule has 3 rings (SSSR count). The summed E-state index contributed by atoms with van der Waals surface area (Å²) < 4.78 is 6.05. The van der Waals surface area contributed by atoms with Crippen LogP contribution in [-0.2, 0) is 17.9 Å². The number of benzene rings is 1. The fourth-order valence-corrected chi connectivity index (χ4v) is 2.67. The third-order valence-corrected chi connectivity index (χ3v) is 4.14. The van der Waals surface area contributed by atoms with Crippen LogP contribution in [0, 0.1) is 0 Å². The van der Waals surface area contributed by atoms with Crippen molar-refractivity contribution in [2.45, 2.75) is 13.1 Å². The van der Waals surface area contributed by atoms with Gasteiger partial charge in [-0.3, -0.25) is 4.79 Å². The van der Waals surface area contributed by atoms with E-state index in [1.807, 2.05) is 23.6 Å². The van der Waals surface area contributed by atoms with Crippen molar-refractivity contribution in [1.29, 1.82) is 0 Å². The van der Waals surface area contributed by atoms with Crippen LogP contribution in [0.2, 0.25) is 5.02 Å². The van der Waals surface area contributed by atoms with Crippen LogP contribution >= 0.6 is 22.9 Å². The van der Waals surface area contributed by atoms with Gasteiger partial charge in [-0.25, -0.2) is 4.79 Å². The number of amides is 1. The number of thiophene rings is 1. The van der Waals surface area contributed by atoms with E-state index in [1.165, 1.54) is 11.3 Å². The Morgan fingerprint density at radius 3 is 2.78 bits per heavy atom. The third-order valence-electron chi connectivity index (χ3n) is 3.03. The maximum atomic E-state index is 11.9. The number of nitrogens with zero attached hydrogens (tertiary/aromatic N) is 2. The van der Waals surface area contributed by atoms with E-state index in [-0.39, 0.29) is 18.3 Å². The van der Waals surface area contributed by atoms with Crippen LogP contribution in [0.3, 0.4) is 0 Å². The lowest BCUT2D eigenvalue weighted by Crippen LogP contribution is -2.31. The molecule has 1 aromatic carbocycles. The van der Waals surface area contributed by atoms with E-state index in [1.54, 1.807) is 18.2 Å². The Hall–Kier alpha value is -2.38. The molecule has 0 aliphatic carbocycles. The molecule has 23 heavy (non-hydrogen) atoms. The number of rotatable bonds is 5. The highest BCUT2D eigenvalue weighted by Crippen LogP contribution is 2.20. The topological polar surface area (TPSA) is 77.1 Å². The molecule has 0 aliphatic rings. The zero-order valence-electron chi connectivity index (χ0n) is 11.9. The number of aromatic nitrogens is 2. The monoisotopic (exact) mass is 349 g/mol. The molecular formula is C15H12ClN3O3S. The molecule has 2 aromatic heterocycles. The van der Waals surface area contributed by atoms with E-state index in [2.05, 4.69) is 10.4 Å². The molecule has 1 N–H and O–H groups in total. The fourth-order valence-electron chi connectivity index (χ4n) is 1.90. The average molecular weight is 350 g/mol. The van der Waals surface area contributed by atoms with Crippen LogP contribution < -0.4 is 11.1 Å². The Morgan fingerprint density at radius 1 is 1.30 bits per heavy atom. The number of carbonyl (C=O) groups excluding carboxylic acids is 1. The van der Waals surface area contributed by atoms with Gasteiger partial charge >= 0.3 is 5.76 Å². The molecule has 0 aliphatic heterocycles. The van der Waals surface area contributed by atoms with Crippen molar-refractivity contribution >= 4 is 28.8 Å². The lowest BCUT2D eigenvalue weighted by atomic mass is 10.2. The SMILES string of the molecule is O=C(Cn1nc(-c2cccs2)oc1=O)NCc1ccc(Cl)cc1. The molecule has 0 radical (unpaired) electrons. The summed E-state index contributed by atoms with van der Waals surface area (Å²) >= 11 is 7.21. The van der Waals surface area contributed by atoms with Gasteiger partial charge in [0.05, 0.1) is 4.88 Å². The van der Waals surface area contributed by atoms with Gasteiger partial charge in [-0.1, -0.05) is 29.8 Å². The second-order valence-electron chi connectivity index (χ2n) is 4.71. The first kappa shape index (κ1) is 15.5. The van der Waals surface area contributed by atoms with Gasteiger partial charge in [0.15, 0.2) is 0 Å². The first-order valence-electron chi connectivity index (χ1n) is 6.75. The van der Waals surface area contributed by atoms with Gasteiger partial charge in [0.1, 0.15) is 6.54 Å². The highest BCUT2D eigenvalue weighted by molar-refractivity contribution is 7.13. The second kappa shape index (κ2) is 6.80. The van der Waals surface area contributed by atoms with Gasteiger partial charge in [-0.15, -0.1) is 16.4 Å². The molecule has 2 heterocycles. The highest BCUT2D eigenvalue weighted by Gasteiger charge is 2.13. The Balaban J connectivity index is 1.62. The smallest absolute Gasteiger partial charge is 0.387 e. The minimum absolute atomic E-state index is 0.193. The molecule has 0 bridgehead atoms. The summed E-state index contributed by atoms with van der Waals surface area (Å²) in [5.74, 6) is -0.765. The number of hydrogen-bond acceptors (Lipinski definition) is 5. The average Bonchev–Trinajstić information content (AvgIpc) is 3.17. The molecule has 0 fully saturated rings. The number of hydrogen-bond donors (Lipinski definition) is 1. The largest absolute Gasteiger partial charge is 0.437 e. The van der Waals surface area contributed by atoms with E-state index >= 15 is 0 Å². The van der Waals surface area contributed by atoms with Gasteiger partial charge in [-0.2, -0.15) is 4.68 Å². The summed E-state index contributed by atoms with van der Waals surface area (Å²) in [4.78, 5) is 24.4. The second-order valence-corrected chi connectivity index (χ2v) is 6.10. The summed E-state index contributed by atoms with van der Waals surface area (Å²) in [5.41, 5.74) is 0.912. The highest BCUT2D eigenvalue weighted by atomic mass is 35.5. The van der Waals surface area contributed by atoms with Crippen LogP contribution in [0.15, 0.2) is 51.0 Å². The molecule has 0 saturated carbocycles. The molecule has 0 saturated heterocycles. The van der Waals surface area contributed by atoms with Crippen molar-refractivity contribution in [2.75, 3.05) is 0 Å². The molecule has 6 nitrogen and oxygen atoms in total. The van der Waals surface area contributed by atoms with Crippen molar-refractivity contribution < 1.29 is 9.21 Å². The number of carbonyl (C=O) groups is 1. The summed E-state index contributed by atoms with van der Waals surface area (Å²) in [6.45, 7) is 0.154. The van der Waals surface area contributed by atoms with Gasteiger partial charge in [-0.05, 0) is 29.1 Å². The summed E-state index contributed by atoms with van der Waals surface area (Å²) in [6.07, 6.45) is 0. The molecular weight excluding hydrogens is 338 g/mol. The minimum atomic E-state index is -0.657. The maximum absolute atomic E-state index is 11.9. The summed E-state index contributed by atoms with van der Waals surface area (Å²) in [5, 5.41) is 9.23. The van der Waals surface area contributed by atoms with Crippen LogP contribution in [-0.4, -0.2) is 15.7 Å².